The second kappa shape index (κ2) is 10.4. The minimum atomic E-state index is -4.69. The van der Waals surface area contributed by atoms with Gasteiger partial charge in [-0.3, -0.25) is 4.79 Å². The molecule has 5 aliphatic rings. The monoisotopic (exact) mass is 606 g/mol. The molecule has 4 bridgehead atoms. The molecule has 1 aliphatic heterocycles. The minimum absolute atomic E-state index is 0.0815. The van der Waals surface area contributed by atoms with E-state index in [0.717, 1.165) is 37.0 Å². The number of anilines is 3. The number of carbonyl (C=O) groups excluding carboxylic acids is 2. The van der Waals surface area contributed by atoms with E-state index in [1.54, 1.807) is 0 Å². The maximum Gasteiger partial charge on any atom is 0.416 e. The van der Waals surface area contributed by atoms with Gasteiger partial charge >= 0.3 is 12.1 Å². The van der Waals surface area contributed by atoms with Gasteiger partial charge < -0.3 is 24.8 Å². The van der Waals surface area contributed by atoms with Crippen molar-refractivity contribution in [2.45, 2.75) is 82.0 Å². The molecule has 4 aliphatic carbocycles. The molecule has 0 radical (unpaired) electrons. The van der Waals surface area contributed by atoms with Crippen molar-refractivity contribution in [3.8, 4) is 0 Å². The van der Waals surface area contributed by atoms with E-state index in [9.17, 15) is 22.8 Å². The van der Waals surface area contributed by atoms with Crippen molar-refractivity contribution in [2.75, 3.05) is 17.7 Å². The largest absolute Gasteiger partial charge is 0.467 e. The quantitative estimate of drug-likeness (QED) is 0.338. The van der Waals surface area contributed by atoms with Crippen molar-refractivity contribution in [2.24, 2.45) is 17.8 Å². The van der Waals surface area contributed by atoms with Gasteiger partial charge in [-0.15, -0.1) is 0 Å². The van der Waals surface area contributed by atoms with E-state index in [1.165, 1.54) is 64.0 Å². The molecule has 1 heterocycles. The molecule has 226 valence electrons. The number of hydrogen-bond donors (Lipinski definition) is 2. The van der Waals surface area contributed by atoms with Gasteiger partial charge in [-0.25, -0.2) is 4.79 Å². The number of ether oxygens (including phenoxy) is 3. The third kappa shape index (κ3) is 5.61. The maximum atomic E-state index is 13.9. The van der Waals surface area contributed by atoms with Gasteiger partial charge in [0.25, 0.3) is 5.91 Å². The van der Waals surface area contributed by atoms with Gasteiger partial charge in [0.15, 0.2) is 18.0 Å². The summed E-state index contributed by atoms with van der Waals surface area (Å²) in [4.78, 5) is 25.2. The Bertz CT molecular complexity index is 1380. The number of halogens is 4. The van der Waals surface area contributed by atoms with Crippen molar-refractivity contribution in [3.63, 3.8) is 0 Å². The minimum Gasteiger partial charge on any atom is -0.467 e. The highest BCUT2D eigenvalue weighted by molar-refractivity contribution is 6.33. The zero-order chi connectivity index (χ0) is 30.0. The molecule has 2 aromatic rings. The van der Waals surface area contributed by atoms with Crippen LogP contribution in [0, 0.1) is 17.8 Å². The predicted molar refractivity (Wildman–Crippen MR) is 150 cm³/mol. The number of rotatable bonds is 6. The van der Waals surface area contributed by atoms with Crippen molar-refractivity contribution in [1.82, 2.24) is 0 Å². The van der Waals surface area contributed by atoms with Crippen LogP contribution in [0.3, 0.4) is 0 Å². The van der Waals surface area contributed by atoms with E-state index in [0.29, 0.717) is 10.7 Å². The molecule has 2 unspecified atom stereocenters. The average Bonchev–Trinajstić information content (AvgIpc) is 3.23. The molecule has 0 spiro atoms. The molecular formula is C31H34ClF3N2O5. The maximum absolute atomic E-state index is 13.9. The van der Waals surface area contributed by atoms with Crippen LogP contribution in [0.2, 0.25) is 5.02 Å². The lowest BCUT2D eigenvalue weighted by atomic mass is 9.48. The zero-order valence-corrected chi connectivity index (χ0v) is 24.4. The van der Waals surface area contributed by atoms with Crippen LogP contribution < -0.4 is 10.6 Å². The smallest absolute Gasteiger partial charge is 0.416 e. The van der Waals surface area contributed by atoms with E-state index in [-0.39, 0.29) is 16.8 Å². The highest BCUT2D eigenvalue weighted by Gasteiger charge is 2.52. The van der Waals surface area contributed by atoms with Crippen LogP contribution in [0.25, 0.3) is 0 Å². The number of nitrogens with one attached hydrogen (secondary N) is 2. The van der Waals surface area contributed by atoms with E-state index >= 15 is 0 Å². The highest BCUT2D eigenvalue weighted by atomic mass is 35.5. The molecule has 42 heavy (non-hydrogen) atoms. The summed E-state index contributed by atoms with van der Waals surface area (Å²) < 4.78 is 57.3. The van der Waals surface area contributed by atoms with Crippen LogP contribution in [-0.2, 0) is 35.4 Å². The van der Waals surface area contributed by atoms with Gasteiger partial charge in [0.2, 0.25) is 0 Å². The first kappa shape index (κ1) is 29.3. The Morgan fingerprint density at radius 2 is 1.52 bits per heavy atom. The van der Waals surface area contributed by atoms with Crippen LogP contribution in [0.5, 0.6) is 0 Å². The fourth-order valence-electron chi connectivity index (χ4n) is 7.96. The number of carbonyl (C=O) groups is 2. The lowest BCUT2D eigenvalue weighted by Gasteiger charge is -2.57. The van der Waals surface area contributed by atoms with E-state index < -0.39 is 41.6 Å². The topological polar surface area (TPSA) is 85.9 Å². The Hall–Kier alpha value is -2.82. The third-order valence-electron chi connectivity index (χ3n) is 9.22. The molecule has 5 fully saturated rings. The summed E-state index contributed by atoms with van der Waals surface area (Å²) in [6, 6.07) is 8.96. The summed E-state index contributed by atoms with van der Waals surface area (Å²) >= 11 is 6.72. The van der Waals surface area contributed by atoms with Crippen molar-refractivity contribution >= 4 is 40.5 Å². The predicted octanol–water partition coefficient (Wildman–Crippen LogP) is 7.20. The Kier molecular flexibility index (Phi) is 7.26. The third-order valence-corrected chi connectivity index (χ3v) is 9.53. The molecule has 7 nitrogen and oxygen atoms in total. The number of hydrogen-bond acceptors (Lipinski definition) is 6. The van der Waals surface area contributed by atoms with Crippen LogP contribution in [-0.4, -0.2) is 37.0 Å². The SMILES string of the molecule is COC(=O)C1OC(C)(C)OC1C(=O)Nc1cc(Nc2ccc(C34CC5CC(CC(C5)C3)C4)cc2Cl)cc(C(F)(F)F)c1. The van der Waals surface area contributed by atoms with E-state index in [2.05, 4.69) is 10.6 Å². The fraction of sp³-hybridized carbons (Fsp3) is 0.548. The fourth-order valence-corrected chi connectivity index (χ4v) is 8.18. The first-order valence-corrected chi connectivity index (χ1v) is 14.6. The Balaban J connectivity index is 1.24. The molecular weight excluding hydrogens is 573 g/mol. The molecule has 0 aromatic heterocycles. The molecule has 1 amide bonds. The lowest BCUT2D eigenvalue weighted by Crippen LogP contribution is -2.48. The first-order valence-electron chi connectivity index (χ1n) is 14.3. The molecule has 2 N–H and O–H groups in total. The zero-order valence-electron chi connectivity index (χ0n) is 23.6. The number of methoxy groups -OCH3 is 1. The number of alkyl halides is 3. The van der Waals surface area contributed by atoms with Crippen molar-refractivity contribution in [1.29, 1.82) is 0 Å². The lowest BCUT2D eigenvalue weighted by molar-refractivity contribution is -0.168. The summed E-state index contributed by atoms with van der Waals surface area (Å²) in [5.41, 5.74) is 0.761. The summed E-state index contributed by atoms with van der Waals surface area (Å²) in [5.74, 6) is -0.663. The van der Waals surface area contributed by atoms with Crippen molar-refractivity contribution < 1.29 is 37.0 Å². The van der Waals surface area contributed by atoms with Crippen LogP contribution in [0.4, 0.5) is 30.2 Å². The van der Waals surface area contributed by atoms with Gasteiger partial charge in [0, 0.05) is 11.4 Å². The van der Waals surface area contributed by atoms with Crippen LogP contribution in [0.1, 0.15) is 63.5 Å². The summed E-state index contributed by atoms with van der Waals surface area (Å²) in [7, 11) is 1.14. The second-order valence-corrected chi connectivity index (χ2v) is 13.2. The molecule has 11 heteroatoms. The Morgan fingerprint density at radius 3 is 2.10 bits per heavy atom. The number of esters is 1. The number of benzene rings is 2. The van der Waals surface area contributed by atoms with Crippen LogP contribution in [0.15, 0.2) is 36.4 Å². The van der Waals surface area contributed by atoms with Gasteiger partial charge in [0.1, 0.15) is 0 Å². The van der Waals surface area contributed by atoms with E-state index in [1.807, 2.05) is 18.2 Å². The molecule has 4 saturated carbocycles. The van der Waals surface area contributed by atoms with Gasteiger partial charge in [0.05, 0.1) is 23.4 Å². The van der Waals surface area contributed by atoms with Gasteiger partial charge in [-0.2, -0.15) is 13.2 Å². The number of amides is 1. The summed E-state index contributed by atoms with van der Waals surface area (Å²) in [6.45, 7) is 3.03. The highest BCUT2D eigenvalue weighted by Crippen LogP contribution is 2.61. The molecule has 2 atom stereocenters. The molecule has 1 saturated heterocycles. The second-order valence-electron chi connectivity index (χ2n) is 12.8. The first-order chi connectivity index (χ1) is 19.7. The summed E-state index contributed by atoms with van der Waals surface area (Å²) in [5, 5.41) is 5.87. The van der Waals surface area contributed by atoms with Gasteiger partial charge in [-0.1, -0.05) is 17.7 Å². The van der Waals surface area contributed by atoms with Gasteiger partial charge in [-0.05, 0) is 111 Å². The van der Waals surface area contributed by atoms with E-state index in [4.69, 9.17) is 25.8 Å². The van der Waals surface area contributed by atoms with Crippen molar-refractivity contribution in [3.05, 3.63) is 52.5 Å². The standard InChI is InChI=1S/C31H34ClF3N2O5/c1-29(2)41-25(26(42-29)28(39)40-3)27(38)37-22-10-20(31(33,34)35)9-21(12-22)36-24-5-4-19(11-23(24)32)30-13-16-6-17(14-30)8-18(7-16)15-30/h4-5,9-12,16-18,25-26,36H,6-8,13-15H2,1-3H3,(H,37,38). The molecule has 7 rings (SSSR count). The average molecular weight is 607 g/mol. The Labute approximate surface area is 247 Å². The van der Waals surface area contributed by atoms with Crippen LogP contribution >= 0.6 is 11.6 Å². The molecule has 2 aromatic carbocycles. The summed E-state index contributed by atoms with van der Waals surface area (Å²) in [6.07, 6.45) is -0.0169. The Morgan fingerprint density at radius 1 is 0.929 bits per heavy atom. The normalized spacial score (nSPS) is 31.2.